The normalized spacial score (nSPS) is 13.3. The molecule has 0 spiro atoms. The van der Waals surface area contributed by atoms with Crippen molar-refractivity contribution in [3.63, 3.8) is 0 Å². The number of hydrogen-bond acceptors (Lipinski definition) is 5. The average Bonchev–Trinajstić information content (AvgIpc) is 3.15. The maximum absolute atomic E-state index is 12.1. The summed E-state index contributed by atoms with van der Waals surface area (Å²) in [6, 6.07) is 17.1. The van der Waals surface area contributed by atoms with Crippen LogP contribution in [0.1, 0.15) is 17.5 Å². The minimum absolute atomic E-state index is 0.241. The molecular weight excluding hydrogens is 332 g/mol. The largest absolute Gasteiger partial charge is 0.482 e. The third kappa shape index (κ3) is 4.69. The van der Waals surface area contributed by atoms with Gasteiger partial charge in [-0.25, -0.2) is 9.80 Å². The van der Waals surface area contributed by atoms with E-state index in [1.54, 1.807) is 6.07 Å². The Hall–Kier alpha value is -3.15. The van der Waals surface area contributed by atoms with Crippen LogP contribution in [0.4, 0.5) is 0 Å². The fraction of sp³-hybridized carbons (Fsp3) is 0.250. The van der Waals surface area contributed by atoms with Crippen molar-refractivity contribution >= 4 is 17.6 Å². The number of amides is 1. The van der Waals surface area contributed by atoms with Gasteiger partial charge in [-0.15, -0.1) is 0 Å². The standard InChI is InChI=1S/C20H20N2O4/c1-15-6-5-9-17(12-15)25-14-20(24)26-13-19(23)22-11-10-18(21-22)16-7-3-2-4-8-16/h2-9,12H,10-11,13-14H2,1H3. The van der Waals surface area contributed by atoms with Gasteiger partial charge in [0.15, 0.2) is 13.2 Å². The van der Waals surface area contributed by atoms with Gasteiger partial charge in [0.05, 0.1) is 12.3 Å². The van der Waals surface area contributed by atoms with Crippen molar-refractivity contribution in [3.8, 4) is 5.75 Å². The Labute approximate surface area is 152 Å². The molecule has 2 aromatic rings. The Morgan fingerprint density at radius 1 is 1.08 bits per heavy atom. The van der Waals surface area contributed by atoms with E-state index in [-0.39, 0.29) is 19.1 Å². The predicted molar refractivity (Wildman–Crippen MR) is 96.9 cm³/mol. The zero-order valence-electron chi connectivity index (χ0n) is 14.6. The van der Waals surface area contributed by atoms with Crippen molar-refractivity contribution in [2.45, 2.75) is 13.3 Å². The molecule has 6 nitrogen and oxygen atoms in total. The fourth-order valence-corrected chi connectivity index (χ4v) is 2.58. The number of carbonyl (C=O) groups excluding carboxylic acids is 2. The van der Waals surface area contributed by atoms with Crippen LogP contribution in [-0.4, -0.2) is 42.4 Å². The van der Waals surface area contributed by atoms with Gasteiger partial charge in [0.1, 0.15) is 5.75 Å². The third-order valence-corrected chi connectivity index (χ3v) is 3.90. The van der Waals surface area contributed by atoms with Crippen LogP contribution in [0.5, 0.6) is 5.75 Å². The molecule has 0 atom stereocenters. The number of nitrogens with zero attached hydrogens (tertiary/aromatic N) is 2. The van der Waals surface area contributed by atoms with Gasteiger partial charge in [-0.1, -0.05) is 42.5 Å². The highest BCUT2D eigenvalue weighted by Gasteiger charge is 2.22. The van der Waals surface area contributed by atoms with Crippen LogP contribution in [0.15, 0.2) is 59.7 Å². The van der Waals surface area contributed by atoms with E-state index in [0.29, 0.717) is 18.7 Å². The highest BCUT2D eigenvalue weighted by molar-refractivity contribution is 6.02. The van der Waals surface area contributed by atoms with Gasteiger partial charge >= 0.3 is 5.97 Å². The predicted octanol–water partition coefficient (Wildman–Crippen LogP) is 2.55. The first-order chi connectivity index (χ1) is 12.6. The first-order valence-electron chi connectivity index (χ1n) is 8.40. The number of carbonyl (C=O) groups is 2. The van der Waals surface area contributed by atoms with Crippen molar-refractivity contribution in [1.82, 2.24) is 5.01 Å². The molecule has 0 radical (unpaired) electrons. The Morgan fingerprint density at radius 2 is 1.88 bits per heavy atom. The second kappa shape index (κ2) is 8.29. The molecule has 1 amide bonds. The minimum atomic E-state index is -0.591. The SMILES string of the molecule is Cc1cccc(OCC(=O)OCC(=O)N2CCC(c3ccccc3)=N2)c1. The molecule has 2 aromatic carbocycles. The summed E-state index contributed by atoms with van der Waals surface area (Å²) in [5, 5.41) is 5.66. The van der Waals surface area contributed by atoms with E-state index in [2.05, 4.69) is 5.10 Å². The highest BCUT2D eigenvalue weighted by atomic mass is 16.6. The third-order valence-electron chi connectivity index (χ3n) is 3.90. The van der Waals surface area contributed by atoms with E-state index >= 15 is 0 Å². The monoisotopic (exact) mass is 352 g/mol. The maximum atomic E-state index is 12.1. The quantitative estimate of drug-likeness (QED) is 0.749. The summed E-state index contributed by atoms with van der Waals surface area (Å²) in [6.45, 7) is 1.83. The molecule has 134 valence electrons. The van der Waals surface area contributed by atoms with Gasteiger partial charge in [-0.2, -0.15) is 5.10 Å². The number of aryl methyl sites for hydroxylation is 1. The number of hydrogen-bond donors (Lipinski definition) is 0. The molecule has 6 heteroatoms. The second-order valence-electron chi connectivity index (χ2n) is 5.95. The van der Waals surface area contributed by atoms with Gasteiger partial charge in [0.2, 0.25) is 0 Å². The number of ether oxygens (including phenoxy) is 2. The summed E-state index contributed by atoms with van der Waals surface area (Å²) in [5.74, 6) is -0.351. The van der Waals surface area contributed by atoms with E-state index in [0.717, 1.165) is 16.8 Å². The van der Waals surface area contributed by atoms with E-state index in [4.69, 9.17) is 9.47 Å². The second-order valence-corrected chi connectivity index (χ2v) is 5.95. The summed E-state index contributed by atoms with van der Waals surface area (Å²) < 4.78 is 10.3. The molecule has 1 aliphatic heterocycles. The summed E-state index contributed by atoms with van der Waals surface area (Å²) >= 11 is 0. The Morgan fingerprint density at radius 3 is 2.65 bits per heavy atom. The molecule has 0 saturated heterocycles. The van der Waals surface area contributed by atoms with Crippen LogP contribution in [0.25, 0.3) is 0 Å². The molecule has 0 unspecified atom stereocenters. The maximum Gasteiger partial charge on any atom is 0.344 e. The number of benzene rings is 2. The molecule has 0 saturated carbocycles. The van der Waals surface area contributed by atoms with Gasteiger partial charge in [-0.05, 0) is 30.2 Å². The summed E-state index contributed by atoms with van der Waals surface area (Å²) in [7, 11) is 0. The van der Waals surface area contributed by atoms with Crippen molar-refractivity contribution in [1.29, 1.82) is 0 Å². The van der Waals surface area contributed by atoms with E-state index < -0.39 is 5.97 Å². The molecule has 3 rings (SSSR count). The Balaban J connectivity index is 1.45. The number of esters is 1. The van der Waals surface area contributed by atoms with Gasteiger partial charge in [0, 0.05) is 6.42 Å². The lowest BCUT2D eigenvalue weighted by atomic mass is 10.1. The van der Waals surface area contributed by atoms with Crippen LogP contribution in [-0.2, 0) is 14.3 Å². The molecule has 0 N–H and O–H groups in total. The molecule has 0 bridgehead atoms. The average molecular weight is 352 g/mol. The number of hydrazone groups is 1. The molecule has 0 aliphatic carbocycles. The van der Waals surface area contributed by atoms with Crippen LogP contribution in [0.2, 0.25) is 0 Å². The lowest BCUT2D eigenvalue weighted by molar-refractivity contribution is -0.153. The van der Waals surface area contributed by atoms with Crippen LogP contribution in [0.3, 0.4) is 0 Å². The fourth-order valence-electron chi connectivity index (χ4n) is 2.58. The van der Waals surface area contributed by atoms with Crippen molar-refractivity contribution in [2.75, 3.05) is 19.8 Å². The van der Waals surface area contributed by atoms with Gasteiger partial charge in [-0.3, -0.25) is 4.79 Å². The zero-order valence-corrected chi connectivity index (χ0v) is 14.6. The molecular formula is C20H20N2O4. The topological polar surface area (TPSA) is 68.2 Å². The Bertz CT molecular complexity index is 818. The molecule has 1 aliphatic rings. The summed E-state index contributed by atoms with van der Waals surface area (Å²) in [6.07, 6.45) is 0.681. The lowest BCUT2D eigenvalue weighted by Crippen LogP contribution is -2.29. The molecule has 0 fully saturated rings. The minimum Gasteiger partial charge on any atom is -0.482 e. The lowest BCUT2D eigenvalue weighted by Gasteiger charge is -2.12. The summed E-state index contributed by atoms with van der Waals surface area (Å²) in [4.78, 5) is 23.9. The van der Waals surface area contributed by atoms with Crippen LogP contribution >= 0.6 is 0 Å². The first-order valence-corrected chi connectivity index (χ1v) is 8.40. The van der Waals surface area contributed by atoms with Crippen LogP contribution in [0, 0.1) is 6.92 Å². The molecule has 1 heterocycles. The smallest absolute Gasteiger partial charge is 0.344 e. The van der Waals surface area contributed by atoms with Crippen molar-refractivity contribution < 1.29 is 19.1 Å². The van der Waals surface area contributed by atoms with Crippen molar-refractivity contribution in [3.05, 3.63) is 65.7 Å². The summed E-state index contributed by atoms with van der Waals surface area (Å²) in [5.41, 5.74) is 2.88. The number of rotatable bonds is 6. The first kappa shape index (κ1) is 17.7. The highest BCUT2D eigenvalue weighted by Crippen LogP contribution is 2.14. The van der Waals surface area contributed by atoms with Crippen LogP contribution < -0.4 is 4.74 Å². The Kier molecular flexibility index (Phi) is 5.63. The van der Waals surface area contributed by atoms with E-state index in [1.807, 2.05) is 55.5 Å². The zero-order chi connectivity index (χ0) is 18.4. The van der Waals surface area contributed by atoms with Crippen molar-refractivity contribution in [2.24, 2.45) is 5.10 Å². The van der Waals surface area contributed by atoms with Gasteiger partial charge < -0.3 is 9.47 Å². The molecule has 0 aromatic heterocycles. The van der Waals surface area contributed by atoms with Gasteiger partial charge in [0.25, 0.3) is 5.91 Å². The van der Waals surface area contributed by atoms with E-state index in [9.17, 15) is 9.59 Å². The van der Waals surface area contributed by atoms with E-state index in [1.165, 1.54) is 5.01 Å². The molecule has 26 heavy (non-hydrogen) atoms.